The number of rotatable bonds is 6. The topological polar surface area (TPSA) is 89.2 Å². The van der Waals surface area contributed by atoms with E-state index in [9.17, 15) is 0 Å². The van der Waals surface area contributed by atoms with Gasteiger partial charge in [-0.05, 0) is 31.7 Å². The van der Waals surface area contributed by atoms with Crippen molar-refractivity contribution in [2.45, 2.75) is 52.2 Å². The Bertz CT molecular complexity index is 745. The second-order valence-electron chi connectivity index (χ2n) is 6.36. The maximum atomic E-state index is 5.51. The van der Waals surface area contributed by atoms with Crippen molar-refractivity contribution >= 4 is 29.9 Å². The van der Waals surface area contributed by atoms with Gasteiger partial charge < -0.3 is 15.4 Å². The molecule has 1 atom stereocenters. The molecule has 3 heterocycles. The minimum absolute atomic E-state index is 0. The normalized spacial score (nSPS) is 16.3. The lowest BCUT2D eigenvalue weighted by atomic mass is 10.1. The predicted molar refractivity (Wildman–Crippen MR) is 116 cm³/mol. The number of hydrogen-bond acceptors (Lipinski definition) is 5. The van der Waals surface area contributed by atoms with Crippen molar-refractivity contribution in [3.63, 3.8) is 0 Å². The highest BCUT2D eigenvalue weighted by Crippen LogP contribution is 2.22. The number of guanidine groups is 1. The summed E-state index contributed by atoms with van der Waals surface area (Å²) in [4.78, 5) is 13.2. The molecule has 0 saturated heterocycles. The summed E-state index contributed by atoms with van der Waals surface area (Å²) in [6.45, 7) is 6.26. The molecule has 0 saturated carbocycles. The summed E-state index contributed by atoms with van der Waals surface area (Å²) in [5.41, 5.74) is 1.07. The van der Waals surface area contributed by atoms with E-state index in [4.69, 9.17) is 4.74 Å². The summed E-state index contributed by atoms with van der Waals surface area (Å²) in [5.74, 6) is 3.20. The van der Waals surface area contributed by atoms with E-state index < -0.39 is 0 Å². The van der Waals surface area contributed by atoms with E-state index in [0.29, 0.717) is 19.0 Å². The maximum Gasteiger partial charge on any atom is 0.213 e. The van der Waals surface area contributed by atoms with Crippen LogP contribution < -0.4 is 15.4 Å². The fourth-order valence-corrected chi connectivity index (χ4v) is 2.96. The Labute approximate surface area is 177 Å². The van der Waals surface area contributed by atoms with Crippen LogP contribution in [0.1, 0.15) is 49.4 Å². The Morgan fingerprint density at radius 3 is 2.96 bits per heavy atom. The molecule has 3 rings (SSSR count). The molecule has 0 aromatic carbocycles. The second-order valence-corrected chi connectivity index (χ2v) is 6.36. The highest BCUT2D eigenvalue weighted by Gasteiger charge is 2.24. The van der Waals surface area contributed by atoms with Crippen LogP contribution in [0.3, 0.4) is 0 Å². The number of nitrogens with one attached hydrogen (secondary N) is 2. The first-order chi connectivity index (χ1) is 12.7. The van der Waals surface area contributed by atoms with Crippen molar-refractivity contribution in [2.75, 3.05) is 13.7 Å². The van der Waals surface area contributed by atoms with Gasteiger partial charge in [0, 0.05) is 32.4 Å². The molecular formula is C18H28IN7O. The largest absolute Gasteiger partial charge is 0.478 e. The zero-order chi connectivity index (χ0) is 18.4. The monoisotopic (exact) mass is 485 g/mol. The van der Waals surface area contributed by atoms with Crippen LogP contribution in [-0.2, 0) is 13.1 Å². The zero-order valence-corrected chi connectivity index (χ0v) is 18.4. The Hall–Kier alpha value is -1.91. The van der Waals surface area contributed by atoms with E-state index in [1.54, 1.807) is 7.05 Å². The van der Waals surface area contributed by atoms with Gasteiger partial charge in [-0.3, -0.25) is 4.99 Å². The third-order valence-electron chi connectivity index (χ3n) is 4.23. The van der Waals surface area contributed by atoms with Gasteiger partial charge in [-0.25, -0.2) is 14.6 Å². The average molecular weight is 485 g/mol. The Morgan fingerprint density at radius 1 is 1.41 bits per heavy atom. The Kier molecular flexibility index (Phi) is 8.26. The molecule has 2 N–H and O–H groups in total. The number of halogens is 1. The fourth-order valence-electron chi connectivity index (χ4n) is 2.96. The number of hydrogen-bond donors (Lipinski definition) is 2. The van der Waals surface area contributed by atoms with E-state index in [-0.39, 0.29) is 30.0 Å². The molecule has 148 valence electrons. The van der Waals surface area contributed by atoms with Crippen molar-refractivity contribution in [3.8, 4) is 5.88 Å². The van der Waals surface area contributed by atoms with Crippen LogP contribution in [-0.4, -0.2) is 39.4 Å². The maximum absolute atomic E-state index is 5.51. The Balaban J connectivity index is 0.00000261. The smallest absolute Gasteiger partial charge is 0.213 e. The van der Waals surface area contributed by atoms with E-state index >= 15 is 0 Å². The number of aryl methyl sites for hydroxylation is 2. The molecule has 1 aliphatic heterocycles. The first-order valence-corrected chi connectivity index (χ1v) is 9.16. The number of aliphatic imine (C=N–C) groups is 1. The van der Waals surface area contributed by atoms with Crippen molar-refractivity contribution < 1.29 is 4.74 Å². The predicted octanol–water partition coefficient (Wildman–Crippen LogP) is 2.59. The second kappa shape index (κ2) is 10.4. The van der Waals surface area contributed by atoms with Crippen LogP contribution in [0.4, 0.5) is 0 Å². The van der Waals surface area contributed by atoms with Crippen LogP contribution in [0, 0.1) is 6.92 Å². The molecule has 2 aromatic rings. The van der Waals surface area contributed by atoms with Crippen LogP contribution in [0.5, 0.6) is 5.88 Å². The third-order valence-corrected chi connectivity index (χ3v) is 4.23. The molecule has 0 spiro atoms. The molecule has 0 aliphatic carbocycles. The van der Waals surface area contributed by atoms with Gasteiger partial charge in [0.15, 0.2) is 5.96 Å². The van der Waals surface area contributed by atoms with Gasteiger partial charge in [-0.2, -0.15) is 5.10 Å². The van der Waals surface area contributed by atoms with Gasteiger partial charge >= 0.3 is 0 Å². The molecule has 1 unspecified atom stereocenters. The number of fused-ring (bicyclic) bond motifs is 1. The van der Waals surface area contributed by atoms with Gasteiger partial charge in [-0.15, -0.1) is 24.0 Å². The van der Waals surface area contributed by atoms with E-state index in [1.807, 2.05) is 29.9 Å². The minimum Gasteiger partial charge on any atom is -0.478 e. The van der Waals surface area contributed by atoms with Crippen molar-refractivity contribution in [1.82, 2.24) is 30.4 Å². The van der Waals surface area contributed by atoms with Crippen molar-refractivity contribution in [3.05, 3.63) is 35.5 Å². The van der Waals surface area contributed by atoms with Crippen LogP contribution >= 0.6 is 24.0 Å². The summed E-state index contributed by atoms with van der Waals surface area (Å²) in [5, 5.41) is 11.2. The molecule has 27 heavy (non-hydrogen) atoms. The summed E-state index contributed by atoms with van der Waals surface area (Å²) in [7, 11) is 1.77. The molecule has 0 bridgehead atoms. The van der Waals surface area contributed by atoms with Gasteiger partial charge in [0.25, 0.3) is 0 Å². The zero-order valence-electron chi connectivity index (χ0n) is 16.1. The van der Waals surface area contributed by atoms with Crippen molar-refractivity contribution in [2.24, 2.45) is 4.99 Å². The minimum atomic E-state index is 0. The molecule has 0 radical (unpaired) electrons. The number of pyridine rings is 1. The van der Waals surface area contributed by atoms with Gasteiger partial charge in [0.1, 0.15) is 11.6 Å². The molecule has 8 nitrogen and oxygen atoms in total. The first kappa shape index (κ1) is 21.4. The number of ether oxygens (including phenoxy) is 1. The molecule has 0 fully saturated rings. The van der Waals surface area contributed by atoms with Crippen LogP contribution in [0.25, 0.3) is 0 Å². The summed E-state index contributed by atoms with van der Waals surface area (Å²) >= 11 is 0. The van der Waals surface area contributed by atoms with Crippen molar-refractivity contribution in [1.29, 1.82) is 0 Å². The van der Waals surface area contributed by atoms with Crippen LogP contribution in [0.2, 0.25) is 0 Å². The number of aromatic nitrogens is 4. The molecule has 0 amide bonds. The standard InChI is InChI=1S/C18H27N7O.HI/c1-4-10-26-16-8-7-14(11-20-16)12-21-18(19-3)23-15-6-5-9-25-17(15)22-13(2)24-25;/h7-8,11,15H,4-6,9-10,12H2,1-3H3,(H2,19,21,23);1H. The quantitative estimate of drug-likeness (QED) is 0.372. The van der Waals surface area contributed by atoms with E-state index in [1.165, 1.54) is 0 Å². The lowest BCUT2D eigenvalue weighted by molar-refractivity contribution is 0.305. The lowest BCUT2D eigenvalue weighted by Crippen LogP contribution is -2.41. The first-order valence-electron chi connectivity index (χ1n) is 9.16. The number of nitrogens with zero attached hydrogens (tertiary/aromatic N) is 5. The SMILES string of the molecule is CCCOc1ccc(CNC(=NC)NC2CCCn3nc(C)nc32)cn1.I. The van der Waals surface area contributed by atoms with Gasteiger partial charge in [0.05, 0.1) is 12.6 Å². The third kappa shape index (κ3) is 5.78. The summed E-state index contributed by atoms with van der Waals surface area (Å²) in [6.07, 6.45) is 4.89. The van der Waals surface area contributed by atoms with Gasteiger partial charge in [-0.1, -0.05) is 13.0 Å². The molecular weight excluding hydrogens is 457 g/mol. The van der Waals surface area contributed by atoms with Gasteiger partial charge in [0.2, 0.25) is 5.88 Å². The van der Waals surface area contributed by atoms with E-state index in [0.717, 1.165) is 49.0 Å². The Morgan fingerprint density at radius 2 is 2.26 bits per heavy atom. The van der Waals surface area contributed by atoms with E-state index in [2.05, 4.69) is 37.6 Å². The summed E-state index contributed by atoms with van der Waals surface area (Å²) < 4.78 is 7.50. The van der Waals surface area contributed by atoms with Crippen LogP contribution in [0.15, 0.2) is 23.3 Å². The molecule has 9 heteroatoms. The molecule has 1 aliphatic rings. The highest BCUT2D eigenvalue weighted by molar-refractivity contribution is 14.0. The fraction of sp³-hybridized carbons (Fsp3) is 0.556. The highest BCUT2D eigenvalue weighted by atomic mass is 127. The lowest BCUT2D eigenvalue weighted by Gasteiger charge is -2.25. The average Bonchev–Trinajstić information content (AvgIpc) is 3.05. The summed E-state index contributed by atoms with van der Waals surface area (Å²) in [6, 6.07) is 4.03. The molecule has 2 aromatic heterocycles.